The second-order valence-corrected chi connectivity index (χ2v) is 8.34. The van der Waals surface area contributed by atoms with Crippen molar-refractivity contribution in [2.24, 2.45) is 0 Å². The van der Waals surface area contributed by atoms with Gasteiger partial charge >= 0.3 is 5.97 Å². The first-order valence-corrected chi connectivity index (χ1v) is 12.4. The van der Waals surface area contributed by atoms with Gasteiger partial charge in [-0.25, -0.2) is 9.37 Å². The summed E-state index contributed by atoms with van der Waals surface area (Å²) in [6.45, 7) is 0.779. The number of benzene rings is 2. The maximum atomic E-state index is 13.0. The summed E-state index contributed by atoms with van der Waals surface area (Å²) in [5.41, 5.74) is 3.44. The van der Waals surface area contributed by atoms with Gasteiger partial charge in [0.2, 0.25) is 0 Å². The first-order valence-electron chi connectivity index (χ1n) is 12.4. The van der Waals surface area contributed by atoms with Crippen LogP contribution >= 0.6 is 0 Å². The van der Waals surface area contributed by atoms with Crippen molar-refractivity contribution in [1.29, 1.82) is 0 Å². The Bertz CT molecular complexity index is 1060. The monoisotopic (exact) mass is 509 g/mol. The van der Waals surface area contributed by atoms with Crippen LogP contribution in [-0.4, -0.2) is 42.7 Å². The van der Waals surface area contributed by atoms with Crippen molar-refractivity contribution < 1.29 is 23.8 Å². The Morgan fingerprint density at radius 1 is 0.892 bits per heavy atom. The normalized spacial score (nSPS) is 11.8. The fraction of sp³-hybridized carbons (Fsp3) is 0.345. The highest BCUT2D eigenvalue weighted by molar-refractivity contribution is 5.94. The summed E-state index contributed by atoms with van der Waals surface area (Å²) in [5, 5.41) is 12.8. The Hall–Kier alpha value is -3.78. The Balaban J connectivity index is 0.000000602. The second kappa shape index (κ2) is 16.8. The van der Waals surface area contributed by atoms with E-state index in [2.05, 4.69) is 20.4 Å². The Morgan fingerprint density at radius 2 is 1.46 bits per heavy atom. The number of halogens is 1. The molecule has 1 aromatic heterocycles. The van der Waals surface area contributed by atoms with Crippen LogP contribution in [0.3, 0.4) is 0 Å². The molecule has 0 saturated heterocycles. The minimum absolute atomic E-state index is 0.120. The number of aromatic nitrogens is 1. The maximum absolute atomic E-state index is 13.0. The predicted molar refractivity (Wildman–Crippen MR) is 144 cm³/mol. The number of ether oxygens (including phenoxy) is 1. The van der Waals surface area contributed by atoms with Gasteiger partial charge in [0.25, 0.3) is 5.91 Å². The fourth-order valence-electron chi connectivity index (χ4n) is 3.65. The highest BCUT2D eigenvalue weighted by atomic mass is 19.1. The maximum Gasteiger partial charge on any atom is 0.307 e. The van der Waals surface area contributed by atoms with E-state index < -0.39 is 0 Å². The number of carbonyl (C=O) groups excluding carboxylic acids is 2. The molecule has 198 valence electrons. The number of aliphatic hydroxyl groups is 1. The van der Waals surface area contributed by atoms with Crippen molar-refractivity contribution in [2.75, 3.05) is 26.1 Å². The van der Waals surface area contributed by atoms with Crippen molar-refractivity contribution in [3.05, 3.63) is 83.8 Å². The molecule has 0 aliphatic heterocycles. The number of pyridine rings is 1. The lowest BCUT2D eigenvalue weighted by molar-refractivity contribution is -0.140. The van der Waals surface area contributed by atoms with E-state index in [0.29, 0.717) is 17.9 Å². The molecule has 0 spiro atoms. The van der Waals surface area contributed by atoms with Gasteiger partial charge in [-0.3, -0.25) is 9.59 Å². The highest BCUT2D eigenvalue weighted by Gasteiger charge is 2.07. The van der Waals surface area contributed by atoms with E-state index >= 15 is 0 Å². The molecule has 0 unspecified atom stereocenters. The number of aliphatic hydroxyl groups excluding tert-OH is 1. The standard InChI is InChI=1S/C23H22FN3O3.C5H10.CH4O/c1-30-22(28)12-13-25-23(29)19-8-11-21(27-15-19)26-14-16-2-4-17(5-3-16)18-6-9-20(24)10-7-18;1-2-4-5-3-1;1-2/h2-11,15H,12-14H2,1H3,(H,25,29)(H,26,27);1-5H2;2H,1H3. The summed E-state index contributed by atoms with van der Waals surface area (Å²) in [7, 11) is 2.31. The molecule has 0 atom stereocenters. The minimum Gasteiger partial charge on any atom is -0.469 e. The molecule has 0 radical (unpaired) electrons. The average molecular weight is 510 g/mol. The molecule has 1 heterocycles. The molecule has 1 aliphatic rings. The molecule has 7 nitrogen and oxygen atoms in total. The van der Waals surface area contributed by atoms with Gasteiger partial charge in [0.05, 0.1) is 19.1 Å². The third kappa shape index (κ3) is 10.8. The molecule has 8 heteroatoms. The van der Waals surface area contributed by atoms with Gasteiger partial charge in [-0.15, -0.1) is 0 Å². The Morgan fingerprint density at radius 3 is 1.97 bits per heavy atom. The first-order chi connectivity index (χ1) is 18.0. The molecular formula is C29H36FN3O4. The average Bonchev–Trinajstić information content (AvgIpc) is 3.54. The minimum atomic E-state index is -0.376. The number of nitrogens with one attached hydrogen (secondary N) is 2. The molecular weight excluding hydrogens is 473 g/mol. The van der Waals surface area contributed by atoms with Crippen LogP contribution in [0.15, 0.2) is 66.9 Å². The third-order valence-corrected chi connectivity index (χ3v) is 5.72. The third-order valence-electron chi connectivity index (χ3n) is 5.72. The van der Waals surface area contributed by atoms with Crippen LogP contribution in [0.2, 0.25) is 0 Å². The van der Waals surface area contributed by atoms with Gasteiger partial charge in [-0.2, -0.15) is 0 Å². The van der Waals surface area contributed by atoms with Crippen LogP contribution in [0.1, 0.15) is 54.4 Å². The van der Waals surface area contributed by atoms with Crippen molar-refractivity contribution >= 4 is 17.7 Å². The van der Waals surface area contributed by atoms with Gasteiger partial charge in [-0.05, 0) is 41.0 Å². The van der Waals surface area contributed by atoms with Gasteiger partial charge in [0.15, 0.2) is 0 Å². The van der Waals surface area contributed by atoms with E-state index in [0.717, 1.165) is 23.8 Å². The SMILES string of the molecule is C1CCCC1.CO.COC(=O)CCNC(=O)c1ccc(NCc2ccc(-c3ccc(F)cc3)cc2)nc1. The first kappa shape index (κ1) is 29.5. The molecule has 37 heavy (non-hydrogen) atoms. The lowest BCUT2D eigenvalue weighted by Crippen LogP contribution is -2.26. The van der Waals surface area contributed by atoms with Crippen molar-refractivity contribution in [3.8, 4) is 11.1 Å². The van der Waals surface area contributed by atoms with Gasteiger partial charge in [-0.1, -0.05) is 68.5 Å². The van der Waals surface area contributed by atoms with Crippen molar-refractivity contribution in [1.82, 2.24) is 10.3 Å². The number of amides is 1. The molecule has 1 saturated carbocycles. The summed E-state index contributed by atoms with van der Waals surface area (Å²) in [4.78, 5) is 27.3. The molecule has 1 fully saturated rings. The van der Waals surface area contributed by atoms with E-state index in [1.165, 1.54) is 57.5 Å². The van der Waals surface area contributed by atoms with Crippen molar-refractivity contribution in [3.63, 3.8) is 0 Å². The summed E-state index contributed by atoms with van der Waals surface area (Å²) in [5.74, 6) is -0.284. The molecule has 3 N–H and O–H groups in total. The van der Waals surface area contributed by atoms with Crippen molar-refractivity contribution in [2.45, 2.75) is 45.1 Å². The molecule has 0 bridgehead atoms. The number of rotatable bonds is 8. The number of nitrogens with zero attached hydrogens (tertiary/aromatic N) is 1. The number of hydrogen-bond donors (Lipinski definition) is 3. The van der Waals surface area contributed by atoms with E-state index in [4.69, 9.17) is 5.11 Å². The topological polar surface area (TPSA) is 101 Å². The van der Waals surface area contributed by atoms with Crippen LogP contribution < -0.4 is 10.6 Å². The van der Waals surface area contributed by atoms with E-state index in [1.807, 2.05) is 24.3 Å². The van der Waals surface area contributed by atoms with Gasteiger partial charge < -0.3 is 20.5 Å². The fourth-order valence-corrected chi connectivity index (χ4v) is 3.65. The molecule has 1 aliphatic carbocycles. The summed E-state index contributed by atoms with van der Waals surface area (Å²) >= 11 is 0. The summed E-state index contributed by atoms with van der Waals surface area (Å²) in [6, 6.07) is 17.7. The molecule has 4 rings (SSSR count). The number of methoxy groups -OCH3 is 1. The van der Waals surface area contributed by atoms with Crippen LogP contribution in [-0.2, 0) is 16.1 Å². The van der Waals surface area contributed by atoms with Crippen LogP contribution in [0.25, 0.3) is 11.1 Å². The number of hydrogen-bond acceptors (Lipinski definition) is 6. The van der Waals surface area contributed by atoms with E-state index in [1.54, 1.807) is 24.3 Å². The smallest absolute Gasteiger partial charge is 0.307 e. The number of carbonyl (C=O) groups is 2. The molecule has 3 aromatic rings. The quantitative estimate of drug-likeness (QED) is 0.354. The lowest BCUT2D eigenvalue weighted by Gasteiger charge is -2.08. The Labute approximate surface area is 218 Å². The number of esters is 1. The predicted octanol–water partition coefficient (Wildman–Crippen LogP) is 5.35. The van der Waals surface area contributed by atoms with E-state index in [9.17, 15) is 14.0 Å². The van der Waals surface area contributed by atoms with Crippen LogP contribution in [0.5, 0.6) is 0 Å². The van der Waals surface area contributed by atoms with Crippen LogP contribution in [0, 0.1) is 5.82 Å². The van der Waals surface area contributed by atoms with E-state index in [-0.39, 0.29) is 30.7 Å². The zero-order valence-electron chi connectivity index (χ0n) is 21.5. The Kier molecular flexibility index (Phi) is 13.4. The summed E-state index contributed by atoms with van der Waals surface area (Å²) in [6.07, 6.45) is 9.10. The van der Waals surface area contributed by atoms with Crippen LogP contribution in [0.4, 0.5) is 10.2 Å². The van der Waals surface area contributed by atoms with Gasteiger partial charge in [0, 0.05) is 26.4 Å². The largest absolute Gasteiger partial charge is 0.469 e. The molecule has 1 amide bonds. The summed E-state index contributed by atoms with van der Waals surface area (Å²) < 4.78 is 17.6. The molecule has 2 aromatic carbocycles. The zero-order valence-corrected chi connectivity index (χ0v) is 21.5. The number of anilines is 1. The second-order valence-electron chi connectivity index (χ2n) is 8.34. The highest BCUT2D eigenvalue weighted by Crippen LogP contribution is 2.20. The van der Waals surface area contributed by atoms with Gasteiger partial charge in [0.1, 0.15) is 11.6 Å². The zero-order chi connectivity index (χ0) is 26.9. The lowest BCUT2D eigenvalue weighted by atomic mass is 10.0.